The molecule has 1 fully saturated rings. The summed E-state index contributed by atoms with van der Waals surface area (Å²) >= 11 is 0. The first-order valence-electron chi connectivity index (χ1n) is 10.1. The van der Waals surface area contributed by atoms with Gasteiger partial charge < -0.3 is 14.7 Å². The molecule has 1 amide bonds. The first-order chi connectivity index (χ1) is 14.7. The summed E-state index contributed by atoms with van der Waals surface area (Å²) in [5.41, 5.74) is 3.83. The van der Waals surface area contributed by atoms with Crippen molar-refractivity contribution in [1.82, 2.24) is 4.90 Å². The van der Waals surface area contributed by atoms with E-state index in [0.29, 0.717) is 25.9 Å². The molecule has 0 unspecified atom stereocenters. The summed E-state index contributed by atoms with van der Waals surface area (Å²) < 4.78 is 6.13. The summed E-state index contributed by atoms with van der Waals surface area (Å²) in [5, 5.41) is 9.09. The lowest BCUT2D eigenvalue weighted by Gasteiger charge is -2.30. The van der Waals surface area contributed by atoms with Crippen LogP contribution in [-0.2, 0) is 0 Å². The molecule has 0 atom stereocenters. The molecule has 1 saturated heterocycles. The van der Waals surface area contributed by atoms with Crippen molar-refractivity contribution >= 4 is 17.5 Å². The molecule has 152 valence electrons. The summed E-state index contributed by atoms with van der Waals surface area (Å²) in [7, 11) is 0. The summed E-state index contributed by atoms with van der Waals surface area (Å²) in [4.78, 5) is 17.4. The van der Waals surface area contributed by atoms with E-state index in [4.69, 9.17) is 14.8 Å². The molecule has 5 nitrogen and oxygen atoms in total. The fourth-order valence-corrected chi connectivity index (χ4v) is 3.60. The van der Waals surface area contributed by atoms with Gasteiger partial charge in [0.1, 0.15) is 11.9 Å². The number of rotatable bonds is 5. The molecule has 1 aliphatic heterocycles. The van der Waals surface area contributed by atoms with Crippen molar-refractivity contribution in [3.05, 3.63) is 96.1 Å². The van der Waals surface area contributed by atoms with Crippen LogP contribution in [0.1, 0.15) is 24.0 Å². The van der Waals surface area contributed by atoms with Crippen molar-refractivity contribution in [2.75, 3.05) is 13.1 Å². The molecule has 3 aromatic carbocycles. The predicted octanol–water partition coefficient (Wildman–Crippen LogP) is 5.38. The third kappa shape index (κ3) is 4.87. The molecule has 0 bridgehead atoms. The molecule has 0 spiro atoms. The molecule has 3 aromatic rings. The average molecular weight is 400 g/mol. The van der Waals surface area contributed by atoms with Crippen LogP contribution >= 0.6 is 0 Å². The quantitative estimate of drug-likeness (QED) is 0.585. The fraction of sp³-hybridized carbons (Fsp3) is 0.200. The first-order valence-corrected chi connectivity index (χ1v) is 10.1. The van der Waals surface area contributed by atoms with E-state index in [-0.39, 0.29) is 6.10 Å². The van der Waals surface area contributed by atoms with Crippen LogP contribution in [0.4, 0.5) is 10.5 Å². The molecule has 0 radical (unpaired) electrons. The maximum atomic E-state index is 11.1. The number of hydrogen-bond acceptors (Lipinski definition) is 3. The Balaban J connectivity index is 1.56. The van der Waals surface area contributed by atoms with Gasteiger partial charge in [0.25, 0.3) is 0 Å². The normalized spacial score (nSPS) is 14.2. The van der Waals surface area contributed by atoms with Crippen LogP contribution in [0.5, 0.6) is 5.75 Å². The molecule has 0 saturated carbocycles. The number of carbonyl (C=O) groups is 1. The average Bonchev–Trinajstić information content (AvgIpc) is 2.79. The van der Waals surface area contributed by atoms with E-state index in [0.717, 1.165) is 28.3 Å². The zero-order chi connectivity index (χ0) is 20.8. The minimum Gasteiger partial charge on any atom is -0.490 e. The zero-order valence-corrected chi connectivity index (χ0v) is 16.6. The van der Waals surface area contributed by atoms with Gasteiger partial charge in [-0.15, -0.1) is 0 Å². The van der Waals surface area contributed by atoms with Crippen molar-refractivity contribution in [1.29, 1.82) is 0 Å². The van der Waals surface area contributed by atoms with Crippen LogP contribution < -0.4 is 4.74 Å². The van der Waals surface area contributed by atoms with Gasteiger partial charge in [-0.1, -0.05) is 66.7 Å². The van der Waals surface area contributed by atoms with Gasteiger partial charge in [-0.3, -0.25) is 0 Å². The highest BCUT2D eigenvalue weighted by Crippen LogP contribution is 2.25. The Kier molecular flexibility index (Phi) is 6.09. The Bertz CT molecular complexity index is 969. The van der Waals surface area contributed by atoms with Crippen LogP contribution in [-0.4, -0.2) is 41.0 Å². The molecular weight excluding hydrogens is 376 g/mol. The van der Waals surface area contributed by atoms with Crippen molar-refractivity contribution in [3.8, 4) is 5.75 Å². The molecule has 0 aliphatic carbocycles. The molecule has 5 heteroatoms. The highest BCUT2D eigenvalue weighted by molar-refractivity contribution is 6.13. The van der Waals surface area contributed by atoms with E-state index in [1.807, 2.05) is 60.7 Å². The number of hydrogen-bond donors (Lipinski definition) is 1. The Morgan fingerprint density at radius 1 is 0.867 bits per heavy atom. The Hall–Kier alpha value is -3.60. The Morgan fingerprint density at radius 2 is 1.47 bits per heavy atom. The lowest BCUT2D eigenvalue weighted by atomic mass is 10.0. The predicted molar refractivity (Wildman–Crippen MR) is 118 cm³/mol. The van der Waals surface area contributed by atoms with Gasteiger partial charge >= 0.3 is 6.09 Å². The number of likely N-dealkylation sites (tertiary alicyclic amines) is 1. The van der Waals surface area contributed by atoms with Gasteiger partial charge in [-0.05, 0) is 12.1 Å². The molecule has 30 heavy (non-hydrogen) atoms. The van der Waals surface area contributed by atoms with Crippen molar-refractivity contribution in [2.45, 2.75) is 18.9 Å². The molecule has 1 heterocycles. The van der Waals surface area contributed by atoms with Crippen molar-refractivity contribution in [2.24, 2.45) is 4.99 Å². The number of aliphatic imine (C=N–C) groups is 1. The van der Waals surface area contributed by atoms with E-state index < -0.39 is 6.09 Å². The highest BCUT2D eigenvalue weighted by atomic mass is 16.5. The van der Waals surface area contributed by atoms with E-state index in [1.165, 1.54) is 4.90 Å². The second-order valence-electron chi connectivity index (χ2n) is 7.28. The van der Waals surface area contributed by atoms with Crippen molar-refractivity contribution in [3.63, 3.8) is 0 Å². The lowest BCUT2D eigenvalue weighted by Crippen LogP contribution is -2.41. The van der Waals surface area contributed by atoms with Gasteiger partial charge in [0.05, 0.1) is 11.4 Å². The maximum absolute atomic E-state index is 11.1. The van der Waals surface area contributed by atoms with Gasteiger partial charge in [0.15, 0.2) is 0 Å². The molecular formula is C25H24N2O3. The topological polar surface area (TPSA) is 62.1 Å². The maximum Gasteiger partial charge on any atom is 0.407 e. The minimum atomic E-state index is -0.862. The number of amides is 1. The van der Waals surface area contributed by atoms with Crippen LogP contribution in [0.3, 0.4) is 0 Å². The van der Waals surface area contributed by atoms with Crippen LogP contribution in [0.15, 0.2) is 89.9 Å². The molecule has 1 aliphatic rings. The van der Waals surface area contributed by atoms with E-state index in [2.05, 4.69) is 24.3 Å². The number of piperidine rings is 1. The standard InChI is InChI=1S/C25H24N2O3/c28-25(29)27-16-14-22(15-17-27)30-23-13-7-12-21(18-23)26-24(19-8-3-1-4-9-19)20-10-5-2-6-11-20/h1-13,18,22H,14-17H2,(H,28,29). The summed E-state index contributed by atoms with van der Waals surface area (Å²) in [6.07, 6.45) is 0.541. The second-order valence-corrected chi connectivity index (χ2v) is 7.28. The van der Waals surface area contributed by atoms with E-state index in [1.54, 1.807) is 0 Å². The van der Waals surface area contributed by atoms with Crippen LogP contribution in [0.2, 0.25) is 0 Å². The summed E-state index contributed by atoms with van der Waals surface area (Å²) in [6.45, 7) is 1.01. The number of nitrogens with zero attached hydrogens (tertiary/aromatic N) is 2. The summed E-state index contributed by atoms with van der Waals surface area (Å²) in [6, 6.07) is 28.0. The van der Waals surface area contributed by atoms with Gasteiger partial charge in [0, 0.05) is 43.1 Å². The van der Waals surface area contributed by atoms with Crippen LogP contribution in [0.25, 0.3) is 0 Å². The molecule has 0 aromatic heterocycles. The third-order valence-corrected chi connectivity index (χ3v) is 5.17. The smallest absolute Gasteiger partial charge is 0.407 e. The Labute approximate surface area is 176 Å². The molecule has 4 rings (SSSR count). The lowest BCUT2D eigenvalue weighted by molar-refractivity contribution is 0.0895. The fourth-order valence-electron chi connectivity index (χ4n) is 3.60. The van der Waals surface area contributed by atoms with Crippen LogP contribution in [0, 0.1) is 0 Å². The van der Waals surface area contributed by atoms with Gasteiger partial charge in [-0.2, -0.15) is 0 Å². The number of benzene rings is 3. The SMILES string of the molecule is O=C(O)N1CCC(Oc2cccc(N=C(c3ccccc3)c3ccccc3)c2)CC1. The van der Waals surface area contributed by atoms with Gasteiger partial charge in [-0.25, -0.2) is 9.79 Å². The van der Waals surface area contributed by atoms with Crippen molar-refractivity contribution < 1.29 is 14.6 Å². The largest absolute Gasteiger partial charge is 0.490 e. The zero-order valence-electron chi connectivity index (χ0n) is 16.6. The Morgan fingerprint density at radius 3 is 2.03 bits per heavy atom. The third-order valence-electron chi connectivity index (χ3n) is 5.17. The van der Waals surface area contributed by atoms with Gasteiger partial charge in [0.2, 0.25) is 0 Å². The van der Waals surface area contributed by atoms with E-state index >= 15 is 0 Å². The number of ether oxygens (including phenoxy) is 1. The molecule has 1 N–H and O–H groups in total. The first kappa shape index (κ1) is 19.7. The summed E-state index contributed by atoms with van der Waals surface area (Å²) in [5.74, 6) is 0.755. The number of carboxylic acid groups (broad SMARTS) is 1. The monoisotopic (exact) mass is 400 g/mol. The highest BCUT2D eigenvalue weighted by Gasteiger charge is 2.23. The second kappa shape index (κ2) is 9.27. The minimum absolute atomic E-state index is 0.0162. The van der Waals surface area contributed by atoms with E-state index in [9.17, 15) is 4.79 Å².